The molecule has 15 heteroatoms. The summed E-state index contributed by atoms with van der Waals surface area (Å²) >= 11 is 0. The first-order valence-corrected chi connectivity index (χ1v) is 34.3. The number of ether oxygens (including phenoxy) is 2. The molecule has 0 spiro atoms. The number of hydrogen-bond donors (Lipinski definition) is 12. The summed E-state index contributed by atoms with van der Waals surface area (Å²) in [6, 6.07) is 37.6. The largest absolute Gasteiger partial charge is 0.508 e. The average Bonchev–Trinajstić information content (AvgIpc) is 0.851. The lowest BCUT2D eigenvalue weighted by Gasteiger charge is -2.40. The molecule has 0 aromatic heterocycles. The van der Waals surface area contributed by atoms with Gasteiger partial charge in [-0.1, -0.05) is 194 Å². The maximum Gasteiger partial charge on any atom is 0.118 e. The summed E-state index contributed by atoms with van der Waals surface area (Å²) in [5.74, 6) is 2.89. The molecule has 15 nitrogen and oxygen atoms in total. The van der Waals surface area contributed by atoms with E-state index in [-0.39, 0.29) is 84.0 Å². The molecule has 5 aliphatic carbocycles. The summed E-state index contributed by atoms with van der Waals surface area (Å²) in [5, 5.41) is 88.9. The molecular weight excluding hydrogens is 1200 g/mol. The second-order valence-electron chi connectivity index (χ2n) is 27.3. The SMILES string of the molecule is C.C.C.C.C.CN(C)CC(c1ccc(O)cc1)C1(O)CCCCC1.CNCC(c1ccc(O)cc1)C1(O)CCCCC1.CNCC(c1ccc(OC)cc1)C1(O)CCCCC1.COc1ccc(C(CN)C2(O)CCCCC2)cc1.NCC(c1ccc(O)cc1)C1(O)CCCCC1. The number of rotatable bonds is 20. The molecule has 5 atom stereocenters. The molecule has 5 fully saturated rings. The van der Waals surface area contributed by atoms with E-state index in [1.54, 1.807) is 50.6 Å². The third-order valence-corrected chi connectivity index (χ3v) is 20.6. The van der Waals surface area contributed by atoms with E-state index in [1.807, 2.05) is 101 Å². The minimum absolute atomic E-state index is 0. The van der Waals surface area contributed by atoms with Crippen molar-refractivity contribution in [1.82, 2.24) is 15.5 Å². The van der Waals surface area contributed by atoms with Crippen LogP contribution in [0.5, 0.6) is 28.7 Å². The molecular formula is C81H137N5O10. The lowest BCUT2D eigenvalue weighted by molar-refractivity contribution is -0.0278. The van der Waals surface area contributed by atoms with E-state index in [2.05, 4.69) is 27.7 Å². The molecule has 10 rings (SSSR count). The minimum Gasteiger partial charge on any atom is -0.508 e. The molecule has 546 valence electrons. The van der Waals surface area contributed by atoms with Crippen molar-refractivity contribution in [3.8, 4) is 28.7 Å². The quantitative estimate of drug-likeness (QED) is 0.0346. The average molecular weight is 1340 g/mol. The van der Waals surface area contributed by atoms with Gasteiger partial charge in [0.15, 0.2) is 0 Å². The highest BCUT2D eigenvalue weighted by molar-refractivity contribution is 5.35. The number of nitrogens with two attached hydrogens (primary N) is 2. The van der Waals surface area contributed by atoms with Crippen molar-refractivity contribution in [2.24, 2.45) is 11.5 Å². The number of hydrogen-bond acceptors (Lipinski definition) is 15. The number of benzene rings is 5. The van der Waals surface area contributed by atoms with Gasteiger partial charge in [-0.05, 0) is 181 Å². The Kier molecular flexibility index (Phi) is 40.6. The fraction of sp³-hybridized carbons (Fsp3) is 0.630. The first-order chi connectivity index (χ1) is 43.7. The standard InChI is InChI=1S/2C16H25NO2.2C15H23NO2.C14H21NO2.5CH4/c1-17-12-15(16(18)10-4-3-5-11-16)13-6-8-14(19-2)9-7-13;1-17(2)12-15(13-6-8-14(18)9-7-13)16(19)10-4-3-5-11-16;1-18-13-7-5-12(6-8-13)14(11-16)15(17)9-3-2-4-10-15;1-16-11-14(12-5-7-13(17)8-6-12)15(18)9-3-2-4-10-15;15-10-13(11-4-6-12(16)7-5-11)14(17)8-2-1-3-9-14;;;;;/h6-9,15,17-18H,3-5,10-12H2,1-2H3;6-9,15,18-19H,3-5,10-12H2,1-2H3;5-8,14,17H,2-4,9-11,16H2,1H3;5-8,14,16-18H,2-4,9-11H2,1H3;4-7,13,16-17H,1-3,8-10,15H2;5*1H4. The number of phenols is 3. The van der Waals surface area contributed by atoms with Crippen molar-refractivity contribution >= 4 is 0 Å². The third kappa shape index (κ3) is 25.8. The Morgan fingerprint density at radius 2 is 0.542 bits per heavy atom. The fourth-order valence-electron chi connectivity index (χ4n) is 15.3. The van der Waals surface area contributed by atoms with E-state index < -0.39 is 28.0 Å². The Morgan fingerprint density at radius 3 is 0.750 bits per heavy atom. The van der Waals surface area contributed by atoms with Gasteiger partial charge in [0, 0.05) is 62.3 Å². The number of likely N-dealkylation sites (N-methyl/N-ethyl adjacent to an activating group) is 3. The van der Waals surface area contributed by atoms with E-state index in [0.29, 0.717) is 13.1 Å². The zero-order valence-corrected chi connectivity index (χ0v) is 56.1. The zero-order chi connectivity index (χ0) is 65.9. The van der Waals surface area contributed by atoms with Crippen LogP contribution in [0.1, 0.15) is 255 Å². The van der Waals surface area contributed by atoms with Crippen LogP contribution in [0, 0.1) is 0 Å². The summed E-state index contributed by atoms with van der Waals surface area (Å²) in [7, 11) is 11.3. The number of aliphatic hydroxyl groups is 5. The van der Waals surface area contributed by atoms with Crippen LogP contribution < -0.4 is 31.6 Å². The second kappa shape index (κ2) is 44.0. The highest BCUT2D eigenvalue weighted by atomic mass is 16.5. The Hall–Kier alpha value is -5.30. The van der Waals surface area contributed by atoms with Gasteiger partial charge in [0.05, 0.1) is 42.2 Å². The molecule has 0 bridgehead atoms. The first-order valence-electron chi connectivity index (χ1n) is 34.3. The van der Waals surface area contributed by atoms with E-state index in [4.69, 9.17) is 20.9 Å². The van der Waals surface area contributed by atoms with Crippen LogP contribution in [0.2, 0.25) is 0 Å². The molecule has 5 saturated carbocycles. The van der Waals surface area contributed by atoms with Gasteiger partial charge in [-0.15, -0.1) is 0 Å². The molecule has 0 heterocycles. The number of nitrogens with zero attached hydrogens (tertiary/aromatic N) is 1. The van der Waals surface area contributed by atoms with E-state index in [1.165, 1.54) is 37.7 Å². The maximum absolute atomic E-state index is 11.0. The highest BCUT2D eigenvalue weighted by Gasteiger charge is 2.42. The zero-order valence-electron chi connectivity index (χ0n) is 56.1. The van der Waals surface area contributed by atoms with Crippen LogP contribution in [0.4, 0.5) is 0 Å². The molecule has 0 saturated heterocycles. The number of nitrogens with one attached hydrogen (secondary N) is 2. The molecule has 0 radical (unpaired) electrons. The van der Waals surface area contributed by atoms with Crippen molar-refractivity contribution in [3.63, 3.8) is 0 Å². The van der Waals surface area contributed by atoms with E-state index in [0.717, 1.165) is 182 Å². The van der Waals surface area contributed by atoms with Crippen molar-refractivity contribution in [2.45, 2.75) is 255 Å². The lowest BCUT2D eigenvalue weighted by atomic mass is 9.72. The monoisotopic (exact) mass is 1340 g/mol. The van der Waals surface area contributed by atoms with Gasteiger partial charge in [0.1, 0.15) is 28.7 Å². The molecule has 14 N–H and O–H groups in total. The first kappa shape index (κ1) is 88.7. The fourth-order valence-corrected chi connectivity index (χ4v) is 15.3. The van der Waals surface area contributed by atoms with E-state index in [9.17, 15) is 40.9 Å². The third-order valence-electron chi connectivity index (χ3n) is 20.6. The van der Waals surface area contributed by atoms with Crippen LogP contribution in [0.15, 0.2) is 121 Å². The molecule has 96 heavy (non-hydrogen) atoms. The van der Waals surface area contributed by atoms with Crippen molar-refractivity contribution in [1.29, 1.82) is 0 Å². The van der Waals surface area contributed by atoms with Gasteiger partial charge >= 0.3 is 0 Å². The molecule has 5 aliphatic rings. The lowest BCUT2D eigenvalue weighted by Crippen LogP contribution is -2.42. The predicted molar refractivity (Wildman–Crippen MR) is 402 cm³/mol. The summed E-state index contributed by atoms with van der Waals surface area (Å²) < 4.78 is 10.4. The molecule has 5 aromatic carbocycles. The number of methoxy groups -OCH3 is 2. The molecule has 0 aliphatic heterocycles. The van der Waals surface area contributed by atoms with Gasteiger partial charge in [-0.2, -0.15) is 0 Å². The maximum atomic E-state index is 11.0. The van der Waals surface area contributed by atoms with Crippen molar-refractivity contribution in [3.05, 3.63) is 149 Å². The molecule has 5 aromatic rings. The van der Waals surface area contributed by atoms with Gasteiger partial charge in [-0.3, -0.25) is 0 Å². The summed E-state index contributed by atoms with van der Waals surface area (Å²) in [4.78, 5) is 2.13. The van der Waals surface area contributed by atoms with Crippen LogP contribution in [-0.4, -0.2) is 149 Å². The van der Waals surface area contributed by atoms with Gasteiger partial charge in [-0.25, -0.2) is 0 Å². The summed E-state index contributed by atoms with van der Waals surface area (Å²) in [6.07, 6.45) is 25.9. The van der Waals surface area contributed by atoms with Crippen LogP contribution in [0.3, 0.4) is 0 Å². The Labute approximate surface area is 582 Å². The Balaban J connectivity index is 0.000000593. The predicted octanol–water partition coefficient (Wildman–Crippen LogP) is 15.6. The normalized spacial score (nSPS) is 19.4. The second-order valence-corrected chi connectivity index (χ2v) is 27.3. The van der Waals surface area contributed by atoms with Crippen LogP contribution >= 0.6 is 0 Å². The van der Waals surface area contributed by atoms with Crippen molar-refractivity contribution in [2.75, 3.05) is 75.1 Å². The topological polar surface area (TPSA) is 260 Å². The van der Waals surface area contributed by atoms with Crippen LogP contribution in [0.25, 0.3) is 0 Å². The minimum atomic E-state index is -0.663. The van der Waals surface area contributed by atoms with Gasteiger partial charge in [0.2, 0.25) is 0 Å². The molecule has 0 amide bonds. The highest BCUT2D eigenvalue weighted by Crippen LogP contribution is 2.45. The summed E-state index contributed by atoms with van der Waals surface area (Å²) in [6.45, 7) is 3.34. The van der Waals surface area contributed by atoms with Crippen LogP contribution in [-0.2, 0) is 0 Å². The smallest absolute Gasteiger partial charge is 0.118 e. The Morgan fingerprint density at radius 1 is 0.344 bits per heavy atom. The van der Waals surface area contributed by atoms with Gasteiger partial charge < -0.3 is 77.3 Å². The van der Waals surface area contributed by atoms with E-state index >= 15 is 0 Å². The number of phenolic OH excluding ortho intramolecular Hbond substituents is 3. The van der Waals surface area contributed by atoms with Gasteiger partial charge in [0.25, 0.3) is 0 Å². The number of aromatic hydroxyl groups is 3. The molecule has 5 unspecified atom stereocenters. The summed E-state index contributed by atoms with van der Waals surface area (Å²) in [5.41, 5.74) is 14.2. The Bertz CT molecular complexity index is 2760. The van der Waals surface area contributed by atoms with Crippen molar-refractivity contribution < 1.29 is 50.3 Å².